The molecule has 30 heavy (non-hydrogen) atoms. The molecule has 1 amide bonds. The minimum atomic E-state index is -1.81. The van der Waals surface area contributed by atoms with Crippen molar-refractivity contribution in [1.29, 1.82) is 0 Å². The first kappa shape index (κ1) is 25.1. The van der Waals surface area contributed by atoms with Crippen LogP contribution < -0.4 is 0 Å². The molecule has 4 atom stereocenters. The van der Waals surface area contributed by atoms with Crippen LogP contribution in [0.1, 0.15) is 65.0 Å². The van der Waals surface area contributed by atoms with E-state index in [1.165, 1.54) is 0 Å². The van der Waals surface area contributed by atoms with E-state index in [2.05, 4.69) is 64.4 Å². The van der Waals surface area contributed by atoms with E-state index in [1.807, 2.05) is 18.2 Å². The molecular formula is C25H43NO3Si. The molecule has 0 aliphatic carbocycles. The van der Waals surface area contributed by atoms with Crippen molar-refractivity contribution in [3.8, 4) is 0 Å². The van der Waals surface area contributed by atoms with Crippen LogP contribution in [0, 0.1) is 11.3 Å². The number of amides is 1. The van der Waals surface area contributed by atoms with E-state index in [9.17, 15) is 4.79 Å². The summed E-state index contributed by atoms with van der Waals surface area (Å²) < 4.78 is 12.5. The molecule has 1 fully saturated rings. The summed E-state index contributed by atoms with van der Waals surface area (Å²) in [7, 11) is -0.0898. The zero-order valence-corrected chi connectivity index (χ0v) is 21.4. The molecule has 2 rings (SSSR count). The van der Waals surface area contributed by atoms with Crippen LogP contribution in [0.15, 0.2) is 30.3 Å². The predicted octanol–water partition coefficient (Wildman–Crippen LogP) is 6.05. The van der Waals surface area contributed by atoms with E-state index in [0.29, 0.717) is 18.9 Å². The Kier molecular flexibility index (Phi) is 8.72. The van der Waals surface area contributed by atoms with Crippen LogP contribution in [0.3, 0.4) is 0 Å². The Morgan fingerprint density at radius 1 is 1.17 bits per heavy atom. The third kappa shape index (κ3) is 6.41. The number of carbonyl (C=O) groups excluding carboxylic acids is 1. The molecule has 170 valence electrons. The highest BCUT2D eigenvalue weighted by atomic mass is 28.4. The van der Waals surface area contributed by atoms with Gasteiger partial charge in [0.2, 0.25) is 5.91 Å². The number of rotatable bonds is 10. The Labute approximate surface area is 185 Å². The van der Waals surface area contributed by atoms with Gasteiger partial charge in [-0.3, -0.25) is 4.79 Å². The topological polar surface area (TPSA) is 38.8 Å². The second-order valence-corrected chi connectivity index (χ2v) is 15.3. The first-order chi connectivity index (χ1) is 14.0. The van der Waals surface area contributed by atoms with Crippen LogP contribution in [-0.4, -0.2) is 45.0 Å². The minimum Gasteiger partial charge on any atom is -0.412 e. The molecule has 1 aromatic rings. The summed E-state index contributed by atoms with van der Waals surface area (Å²) in [4.78, 5) is 15.6. The van der Waals surface area contributed by atoms with Crippen molar-refractivity contribution in [3.05, 3.63) is 35.9 Å². The molecule has 0 N–H and O–H groups in total. The number of hydrogen-bond donors (Lipinski definition) is 0. The Balaban J connectivity index is 2.54. The highest BCUT2D eigenvalue weighted by Crippen LogP contribution is 2.43. The van der Waals surface area contributed by atoms with Gasteiger partial charge in [0.05, 0.1) is 24.8 Å². The summed E-state index contributed by atoms with van der Waals surface area (Å²) in [6.07, 6.45) is 3.97. The summed E-state index contributed by atoms with van der Waals surface area (Å²) in [5.74, 6) is 0.557. The highest BCUT2D eigenvalue weighted by molar-refractivity contribution is 6.69. The normalized spacial score (nSPS) is 22.4. The zero-order valence-electron chi connectivity index (χ0n) is 20.4. The van der Waals surface area contributed by atoms with Crippen LogP contribution in [0.5, 0.6) is 0 Å². The minimum absolute atomic E-state index is 0.000501. The van der Waals surface area contributed by atoms with Gasteiger partial charge in [-0.2, -0.15) is 0 Å². The van der Waals surface area contributed by atoms with Crippen molar-refractivity contribution in [2.75, 3.05) is 13.7 Å². The van der Waals surface area contributed by atoms with Gasteiger partial charge in [0, 0.05) is 13.5 Å². The van der Waals surface area contributed by atoms with Crippen molar-refractivity contribution in [3.63, 3.8) is 0 Å². The smallest absolute Gasteiger partial charge is 0.223 e. The summed E-state index contributed by atoms with van der Waals surface area (Å²) in [5, 5.41) is 0. The SMILES string of the molecule is CCCC[C@@H]1CC(=O)N([C@@H](COC)c2ccccc2)[C@H]1[C@H](O[Si](C)(C)C)C(C)(C)C. The molecule has 0 aromatic heterocycles. The fraction of sp³-hybridized carbons (Fsp3) is 0.720. The molecule has 1 heterocycles. The van der Waals surface area contributed by atoms with Crippen molar-refractivity contribution in [1.82, 2.24) is 4.90 Å². The van der Waals surface area contributed by atoms with E-state index in [0.717, 1.165) is 24.8 Å². The lowest BCUT2D eigenvalue weighted by molar-refractivity contribution is -0.136. The van der Waals surface area contributed by atoms with Crippen molar-refractivity contribution in [2.45, 2.75) is 91.2 Å². The summed E-state index contributed by atoms with van der Waals surface area (Å²) in [6.45, 7) is 16.2. The first-order valence-electron chi connectivity index (χ1n) is 11.5. The number of nitrogens with zero attached hydrogens (tertiary/aromatic N) is 1. The van der Waals surface area contributed by atoms with Crippen LogP contribution in [0.4, 0.5) is 0 Å². The molecule has 0 unspecified atom stereocenters. The van der Waals surface area contributed by atoms with Crippen LogP contribution in [-0.2, 0) is 14.0 Å². The molecule has 0 radical (unpaired) electrons. The standard InChI is InChI=1S/C25H43NO3Si/c1-9-10-14-20-17-22(27)26(21(18-28-5)19-15-12-11-13-16-19)23(20)24(25(2,3)4)29-30(6,7)8/h11-13,15-16,20-21,23-24H,9-10,14,17-18H2,1-8H3/t20-,21+,23-,24+/m1/s1. The Morgan fingerprint density at radius 2 is 1.80 bits per heavy atom. The van der Waals surface area contributed by atoms with Crippen LogP contribution in [0.25, 0.3) is 0 Å². The Hall–Kier alpha value is -1.17. The Morgan fingerprint density at radius 3 is 2.30 bits per heavy atom. The van der Waals surface area contributed by atoms with Gasteiger partial charge >= 0.3 is 0 Å². The third-order valence-corrected chi connectivity index (χ3v) is 6.91. The van der Waals surface area contributed by atoms with E-state index in [-0.39, 0.29) is 29.5 Å². The zero-order chi connectivity index (χ0) is 22.5. The largest absolute Gasteiger partial charge is 0.412 e. The van der Waals surface area contributed by atoms with Crippen molar-refractivity contribution >= 4 is 14.2 Å². The number of carbonyl (C=O) groups is 1. The quantitative estimate of drug-likeness (QED) is 0.422. The molecular weight excluding hydrogens is 390 g/mol. The maximum Gasteiger partial charge on any atom is 0.223 e. The van der Waals surface area contributed by atoms with Gasteiger partial charge < -0.3 is 14.1 Å². The molecule has 0 spiro atoms. The number of unbranched alkanes of at least 4 members (excludes halogenated alkanes) is 1. The third-order valence-electron chi connectivity index (χ3n) is 5.95. The number of ether oxygens (including phenoxy) is 1. The van der Waals surface area contributed by atoms with Gasteiger partial charge in [-0.1, -0.05) is 70.9 Å². The molecule has 1 aliphatic rings. The van der Waals surface area contributed by atoms with Gasteiger partial charge in [-0.25, -0.2) is 0 Å². The van der Waals surface area contributed by atoms with Gasteiger partial charge in [0.25, 0.3) is 0 Å². The van der Waals surface area contributed by atoms with E-state index >= 15 is 0 Å². The molecule has 1 aromatic carbocycles. The lowest BCUT2D eigenvalue weighted by atomic mass is 9.78. The van der Waals surface area contributed by atoms with E-state index in [4.69, 9.17) is 9.16 Å². The molecule has 5 heteroatoms. The highest BCUT2D eigenvalue weighted by Gasteiger charge is 2.51. The molecule has 0 bridgehead atoms. The van der Waals surface area contributed by atoms with Gasteiger partial charge in [-0.05, 0) is 43.0 Å². The number of benzene rings is 1. The summed E-state index contributed by atoms with van der Waals surface area (Å²) >= 11 is 0. The molecule has 1 saturated heterocycles. The molecule has 1 aliphatic heterocycles. The molecule has 0 saturated carbocycles. The van der Waals surface area contributed by atoms with E-state index < -0.39 is 8.32 Å². The van der Waals surface area contributed by atoms with Crippen LogP contribution >= 0.6 is 0 Å². The average Bonchev–Trinajstić information content (AvgIpc) is 2.97. The number of hydrogen-bond acceptors (Lipinski definition) is 3. The lowest BCUT2D eigenvalue weighted by Crippen LogP contribution is -2.55. The fourth-order valence-electron chi connectivity index (χ4n) is 4.67. The fourth-order valence-corrected chi connectivity index (χ4v) is 5.92. The van der Waals surface area contributed by atoms with Gasteiger partial charge in [-0.15, -0.1) is 0 Å². The maximum absolute atomic E-state index is 13.5. The Bertz CT molecular complexity index is 665. The maximum atomic E-state index is 13.5. The second-order valence-electron chi connectivity index (χ2n) is 10.8. The second kappa shape index (κ2) is 10.4. The van der Waals surface area contributed by atoms with Gasteiger partial charge in [0.1, 0.15) is 0 Å². The lowest BCUT2D eigenvalue weighted by Gasteiger charge is -2.46. The average molecular weight is 434 g/mol. The van der Waals surface area contributed by atoms with Crippen molar-refractivity contribution < 1.29 is 14.0 Å². The van der Waals surface area contributed by atoms with Crippen LogP contribution in [0.2, 0.25) is 19.6 Å². The number of likely N-dealkylation sites (tertiary alicyclic amines) is 1. The summed E-state index contributed by atoms with van der Waals surface area (Å²) in [5.41, 5.74) is 1.07. The number of methoxy groups -OCH3 is 1. The van der Waals surface area contributed by atoms with E-state index in [1.54, 1.807) is 7.11 Å². The van der Waals surface area contributed by atoms with Gasteiger partial charge in [0.15, 0.2) is 8.32 Å². The molecule has 4 nitrogen and oxygen atoms in total. The van der Waals surface area contributed by atoms with Crippen molar-refractivity contribution in [2.24, 2.45) is 11.3 Å². The predicted molar refractivity (Wildman–Crippen MR) is 127 cm³/mol. The monoisotopic (exact) mass is 433 g/mol. The first-order valence-corrected chi connectivity index (χ1v) is 14.9. The summed E-state index contributed by atoms with van der Waals surface area (Å²) in [6, 6.07) is 10.3.